The molecule has 0 amide bonds. The Labute approximate surface area is 104 Å². The molecule has 0 atom stereocenters. The number of ether oxygens (including phenoxy) is 1. The highest BCUT2D eigenvalue weighted by atomic mass is 16.6. The van der Waals surface area contributed by atoms with Gasteiger partial charge in [0.25, 0.3) is 0 Å². The standard InChI is InChI=1S/C12H12N2O4/c1-2-18-11(15)8-4-6-9-5-3-7-10(13)12(9)14(16)17/h3,5,7H,2,8,13H2,1H3. The summed E-state index contributed by atoms with van der Waals surface area (Å²) in [5.74, 6) is 4.61. The van der Waals surface area contributed by atoms with Gasteiger partial charge in [-0.3, -0.25) is 14.9 Å². The third kappa shape index (κ3) is 3.49. The van der Waals surface area contributed by atoms with Gasteiger partial charge in [0.2, 0.25) is 0 Å². The first-order valence-electron chi connectivity index (χ1n) is 5.23. The molecule has 0 spiro atoms. The minimum absolute atomic E-state index is 0.0444. The molecule has 0 radical (unpaired) electrons. The van der Waals surface area contributed by atoms with Crippen molar-refractivity contribution in [3.63, 3.8) is 0 Å². The Hall–Kier alpha value is -2.55. The summed E-state index contributed by atoms with van der Waals surface area (Å²) in [4.78, 5) is 21.3. The normalized spacial score (nSPS) is 9.17. The molecule has 6 nitrogen and oxygen atoms in total. The third-order valence-electron chi connectivity index (χ3n) is 2.01. The van der Waals surface area contributed by atoms with Crippen LogP contribution >= 0.6 is 0 Å². The number of para-hydroxylation sites is 1. The molecule has 1 aromatic rings. The predicted molar refractivity (Wildman–Crippen MR) is 65.6 cm³/mol. The van der Waals surface area contributed by atoms with Gasteiger partial charge in [-0.1, -0.05) is 17.9 Å². The number of nitro groups is 1. The lowest BCUT2D eigenvalue weighted by Crippen LogP contribution is -2.02. The van der Waals surface area contributed by atoms with Gasteiger partial charge in [-0.25, -0.2) is 0 Å². The average Bonchev–Trinajstić information content (AvgIpc) is 2.28. The minimum atomic E-state index is -0.594. The van der Waals surface area contributed by atoms with Crippen molar-refractivity contribution in [1.29, 1.82) is 0 Å². The SMILES string of the molecule is CCOC(=O)CC#Cc1cccc(N)c1[N+](=O)[O-]. The number of carbonyl (C=O) groups is 1. The van der Waals surface area contributed by atoms with Crippen molar-refractivity contribution in [2.75, 3.05) is 12.3 Å². The molecule has 18 heavy (non-hydrogen) atoms. The zero-order chi connectivity index (χ0) is 13.5. The van der Waals surface area contributed by atoms with Gasteiger partial charge in [-0.2, -0.15) is 0 Å². The summed E-state index contributed by atoms with van der Waals surface area (Å²) in [6.45, 7) is 1.97. The highest BCUT2D eigenvalue weighted by Crippen LogP contribution is 2.24. The van der Waals surface area contributed by atoms with Gasteiger partial charge in [0.1, 0.15) is 17.7 Å². The molecule has 0 fully saturated rings. The van der Waals surface area contributed by atoms with E-state index in [-0.39, 0.29) is 30.0 Å². The first-order valence-corrected chi connectivity index (χ1v) is 5.23. The van der Waals surface area contributed by atoms with Crippen LogP contribution in [0, 0.1) is 22.0 Å². The van der Waals surface area contributed by atoms with Gasteiger partial charge in [0.15, 0.2) is 0 Å². The number of nitrogens with zero attached hydrogens (tertiary/aromatic N) is 1. The Morgan fingerprint density at radius 1 is 1.56 bits per heavy atom. The Bertz CT molecular complexity index is 529. The van der Waals surface area contributed by atoms with E-state index in [1.165, 1.54) is 12.1 Å². The number of hydrogen-bond acceptors (Lipinski definition) is 5. The van der Waals surface area contributed by atoms with Crippen LogP contribution in [0.2, 0.25) is 0 Å². The molecule has 0 unspecified atom stereocenters. The van der Waals surface area contributed by atoms with E-state index in [1.54, 1.807) is 13.0 Å². The molecule has 1 aromatic carbocycles. The number of anilines is 1. The van der Waals surface area contributed by atoms with Gasteiger partial charge in [0.05, 0.1) is 11.5 Å². The Balaban J connectivity index is 2.92. The lowest BCUT2D eigenvalue weighted by atomic mass is 10.1. The fraction of sp³-hybridized carbons (Fsp3) is 0.250. The fourth-order valence-corrected chi connectivity index (χ4v) is 1.29. The third-order valence-corrected chi connectivity index (χ3v) is 2.01. The van der Waals surface area contributed by atoms with Crippen LogP contribution in [-0.2, 0) is 9.53 Å². The molecule has 0 aliphatic heterocycles. The number of hydrogen-bond donors (Lipinski definition) is 1. The maximum absolute atomic E-state index is 11.0. The summed E-state index contributed by atoms with van der Waals surface area (Å²) in [7, 11) is 0. The Kier molecular flexibility index (Phi) is 4.69. The highest BCUT2D eigenvalue weighted by Gasteiger charge is 2.15. The molecule has 0 aliphatic carbocycles. The number of nitro benzene ring substituents is 1. The fourth-order valence-electron chi connectivity index (χ4n) is 1.29. The first-order chi connectivity index (χ1) is 8.56. The summed E-state index contributed by atoms with van der Waals surface area (Å²) in [6, 6.07) is 4.47. The van der Waals surface area contributed by atoms with E-state index in [4.69, 9.17) is 5.73 Å². The summed E-state index contributed by atoms with van der Waals surface area (Å²) < 4.78 is 4.68. The molecule has 0 saturated heterocycles. The first kappa shape index (κ1) is 13.5. The molecule has 0 aliphatic rings. The smallest absolute Gasteiger partial charge is 0.317 e. The molecule has 0 saturated carbocycles. The van der Waals surface area contributed by atoms with Gasteiger partial charge >= 0.3 is 11.7 Å². The van der Waals surface area contributed by atoms with Crippen molar-refractivity contribution in [1.82, 2.24) is 0 Å². The molecule has 0 aromatic heterocycles. The molecule has 0 heterocycles. The van der Waals surface area contributed by atoms with Crippen LogP contribution in [0.5, 0.6) is 0 Å². The lowest BCUT2D eigenvalue weighted by Gasteiger charge is -1.98. The summed E-state index contributed by atoms with van der Waals surface area (Å²) in [5, 5.41) is 10.8. The van der Waals surface area contributed by atoms with Gasteiger partial charge in [-0.05, 0) is 19.1 Å². The van der Waals surface area contributed by atoms with E-state index in [0.717, 1.165) is 0 Å². The van der Waals surface area contributed by atoms with E-state index in [9.17, 15) is 14.9 Å². The van der Waals surface area contributed by atoms with E-state index >= 15 is 0 Å². The summed E-state index contributed by atoms with van der Waals surface area (Å²) in [6.07, 6.45) is -0.111. The van der Waals surface area contributed by atoms with Gasteiger partial charge in [0, 0.05) is 0 Å². The molecule has 6 heteroatoms. The number of esters is 1. The topological polar surface area (TPSA) is 95.5 Å². The molecule has 0 bridgehead atoms. The maximum Gasteiger partial charge on any atom is 0.317 e. The zero-order valence-electron chi connectivity index (χ0n) is 9.80. The van der Waals surface area contributed by atoms with Crippen LogP contribution in [0.3, 0.4) is 0 Å². The van der Waals surface area contributed by atoms with Gasteiger partial charge < -0.3 is 10.5 Å². The van der Waals surface area contributed by atoms with E-state index in [0.29, 0.717) is 0 Å². The predicted octanol–water partition coefficient (Wildman–Crippen LogP) is 1.48. The Morgan fingerprint density at radius 2 is 2.28 bits per heavy atom. The second kappa shape index (κ2) is 6.25. The average molecular weight is 248 g/mol. The number of benzene rings is 1. The van der Waals surface area contributed by atoms with Crippen molar-refractivity contribution >= 4 is 17.3 Å². The van der Waals surface area contributed by atoms with Crippen LogP contribution in [0.25, 0.3) is 0 Å². The van der Waals surface area contributed by atoms with E-state index in [2.05, 4.69) is 16.6 Å². The van der Waals surface area contributed by atoms with Crippen molar-refractivity contribution < 1.29 is 14.5 Å². The van der Waals surface area contributed by atoms with Crippen molar-refractivity contribution in [2.24, 2.45) is 0 Å². The summed E-state index contributed by atoms with van der Waals surface area (Å²) in [5.41, 5.74) is 5.49. The number of carbonyl (C=O) groups excluding carboxylic acids is 1. The second-order valence-corrected chi connectivity index (χ2v) is 3.28. The van der Waals surface area contributed by atoms with Crippen LogP contribution in [0.15, 0.2) is 18.2 Å². The lowest BCUT2D eigenvalue weighted by molar-refractivity contribution is -0.384. The zero-order valence-corrected chi connectivity index (χ0v) is 9.80. The summed E-state index contributed by atoms with van der Waals surface area (Å²) >= 11 is 0. The highest BCUT2D eigenvalue weighted by molar-refractivity contribution is 5.73. The van der Waals surface area contributed by atoms with Gasteiger partial charge in [-0.15, -0.1) is 0 Å². The molecular formula is C12H12N2O4. The van der Waals surface area contributed by atoms with E-state index < -0.39 is 10.9 Å². The Morgan fingerprint density at radius 3 is 2.89 bits per heavy atom. The molecule has 2 N–H and O–H groups in total. The number of nitrogens with two attached hydrogens (primary N) is 1. The van der Waals surface area contributed by atoms with Crippen LogP contribution in [-0.4, -0.2) is 17.5 Å². The number of rotatable bonds is 3. The maximum atomic E-state index is 11.0. The number of nitrogen functional groups attached to an aromatic ring is 1. The quantitative estimate of drug-likeness (QED) is 0.287. The van der Waals surface area contributed by atoms with Crippen molar-refractivity contribution in [3.8, 4) is 11.8 Å². The largest absolute Gasteiger partial charge is 0.465 e. The van der Waals surface area contributed by atoms with Crippen LogP contribution in [0.4, 0.5) is 11.4 Å². The minimum Gasteiger partial charge on any atom is -0.465 e. The van der Waals surface area contributed by atoms with Crippen molar-refractivity contribution in [2.45, 2.75) is 13.3 Å². The molecule has 94 valence electrons. The second-order valence-electron chi connectivity index (χ2n) is 3.28. The van der Waals surface area contributed by atoms with Crippen LogP contribution < -0.4 is 5.73 Å². The molecule has 1 rings (SSSR count). The van der Waals surface area contributed by atoms with Crippen LogP contribution in [0.1, 0.15) is 18.9 Å². The molecular weight excluding hydrogens is 236 g/mol. The van der Waals surface area contributed by atoms with Crippen molar-refractivity contribution in [3.05, 3.63) is 33.9 Å². The monoisotopic (exact) mass is 248 g/mol. The van der Waals surface area contributed by atoms with E-state index in [1.807, 2.05) is 0 Å².